The highest BCUT2D eigenvalue weighted by Crippen LogP contribution is 2.07. The molecule has 0 unspecified atom stereocenters. The Balaban J connectivity index is 2.24. The quantitative estimate of drug-likeness (QED) is 0.250. The molecule has 1 aliphatic heterocycles. The maximum atomic E-state index is 13.2. The Labute approximate surface area is 225 Å². The minimum absolute atomic E-state index is 0.0955. The first-order valence-corrected chi connectivity index (χ1v) is 12.3. The van der Waals surface area contributed by atoms with Gasteiger partial charge in [0.1, 0.15) is 19.6 Å². The molecule has 14 nitrogen and oxygen atoms in total. The average molecular weight is 550 g/mol. The second kappa shape index (κ2) is 15.9. The molecule has 39 heavy (non-hydrogen) atoms. The Morgan fingerprint density at radius 2 is 1.08 bits per heavy atom. The molecule has 0 bridgehead atoms. The van der Waals surface area contributed by atoms with Crippen LogP contribution < -0.4 is 0 Å². The first-order chi connectivity index (χ1) is 18.5. The number of hydrogen-bond acceptors (Lipinski definition) is 9. The monoisotopic (exact) mass is 549 g/mol. The maximum absolute atomic E-state index is 13.2. The van der Waals surface area contributed by atoms with Gasteiger partial charge in [-0.3, -0.25) is 33.8 Å². The van der Waals surface area contributed by atoms with Gasteiger partial charge in [0.25, 0.3) is 0 Å². The molecule has 1 amide bonds. The van der Waals surface area contributed by atoms with E-state index in [2.05, 4.69) is 0 Å². The zero-order valence-electron chi connectivity index (χ0n) is 21.6. The molecule has 14 heteroatoms. The normalized spacial score (nSPS) is 16.5. The van der Waals surface area contributed by atoms with Crippen LogP contribution in [0.4, 0.5) is 0 Å². The van der Waals surface area contributed by atoms with Crippen LogP contribution in [-0.4, -0.2) is 147 Å². The van der Waals surface area contributed by atoms with Crippen molar-refractivity contribution in [2.24, 2.45) is 0 Å². The van der Waals surface area contributed by atoms with Crippen molar-refractivity contribution in [3.05, 3.63) is 48.3 Å². The lowest BCUT2D eigenvalue weighted by molar-refractivity contribution is -0.145. The van der Waals surface area contributed by atoms with Gasteiger partial charge in [0, 0.05) is 58.2 Å². The lowest BCUT2D eigenvalue weighted by Gasteiger charge is -2.32. The van der Waals surface area contributed by atoms with Gasteiger partial charge in [-0.25, -0.2) is 0 Å². The molecule has 4 N–H and O–H groups in total. The summed E-state index contributed by atoms with van der Waals surface area (Å²) in [4.78, 5) is 66.3. The van der Waals surface area contributed by atoms with Gasteiger partial charge in [-0.05, 0) is 5.56 Å². The molecule has 1 aromatic rings. The molecule has 0 radical (unpaired) electrons. The summed E-state index contributed by atoms with van der Waals surface area (Å²) < 4.78 is 0. The van der Waals surface area contributed by atoms with E-state index < -0.39 is 36.3 Å². The van der Waals surface area contributed by atoms with Crippen molar-refractivity contribution in [3.63, 3.8) is 0 Å². The summed E-state index contributed by atoms with van der Waals surface area (Å²) in [5, 5.41) is 37.2. The highest BCUT2D eigenvalue weighted by atomic mass is 16.4. The van der Waals surface area contributed by atoms with Crippen molar-refractivity contribution >= 4 is 29.8 Å². The number of carboxylic acid groups (broad SMARTS) is 4. The Morgan fingerprint density at radius 3 is 1.54 bits per heavy atom. The van der Waals surface area contributed by atoms with Gasteiger partial charge in [0.15, 0.2) is 0 Å². The summed E-state index contributed by atoms with van der Waals surface area (Å²) in [5.74, 6) is -4.85. The first-order valence-electron chi connectivity index (χ1n) is 12.3. The molecule has 0 saturated heterocycles. The van der Waals surface area contributed by atoms with Crippen LogP contribution in [0.15, 0.2) is 42.7 Å². The van der Waals surface area contributed by atoms with Crippen LogP contribution in [0.3, 0.4) is 0 Å². The number of carboxylic acids is 4. The number of nitrogens with zero attached hydrogens (tertiary/aromatic N) is 5. The van der Waals surface area contributed by atoms with Gasteiger partial charge >= 0.3 is 23.9 Å². The van der Waals surface area contributed by atoms with E-state index in [1.807, 2.05) is 6.07 Å². The second-order valence-corrected chi connectivity index (χ2v) is 9.10. The number of rotatable bonds is 12. The molecular formula is C25H35N5O9. The minimum Gasteiger partial charge on any atom is -0.480 e. The molecule has 1 heterocycles. The second-order valence-electron chi connectivity index (χ2n) is 9.10. The number of hydrogen-bond donors (Lipinski definition) is 4. The number of amides is 1. The largest absolute Gasteiger partial charge is 0.480 e. The zero-order valence-corrected chi connectivity index (χ0v) is 21.6. The van der Waals surface area contributed by atoms with Crippen molar-refractivity contribution in [2.45, 2.75) is 6.54 Å². The van der Waals surface area contributed by atoms with Gasteiger partial charge in [-0.15, -0.1) is 0 Å². The number of aliphatic carboxylic acids is 4. The van der Waals surface area contributed by atoms with E-state index in [4.69, 9.17) is 0 Å². The standard InChI is InChI=1S/C25H35N5O9/c31-21(30(19-25(38)39)14-20-4-2-1-3-5-20)15-26-6-8-27(16-22(32)33)10-12-29(18-24(36)37)13-11-28(9-7-26)17-23(34)35/h1-5,10,12H,6-9,11,13-19H2,(H,32,33)(H,34,35)(H,36,37)(H,38,39)/b12-10-. The fraction of sp³-hybridized carbons (Fsp3) is 0.480. The van der Waals surface area contributed by atoms with E-state index in [1.54, 1.807) is 34.1 Å². The molecule has 1 aliphatic rings. The Bertz CT molecular complexity index is 1020. The van der Waals surface area contributed by atoms with Crippen molar-refractivity contribution in [1.82, 2.24) is 24.5 Å². The van der Waals surface area contributed by atoms with E-state index in [-0.39, 0.29) is 72.0 Å². The number of carbonyl (C=O) groups is 5. The van der Waals surface area contributed by atoms with Crippen LogP contribution >= 0.6 is 0 Å². The molecule has 0 saturated carbocycles. The molecule has 1 aromatic carbocycles. The fourth-order valence-corrected chi connectivity index (χ4v) is 3.99. The lowest BCUT2D eigenvalue weighted by Crippen LogP contribution is -2.48. The molecule has 2 rings (SSSR count). The Hall–Kier alpha value is -4.17. The molecule has 214 valence electrons. The molecular weight excluding hydrogens is 514 g/mol. The summed E-state index contributed by atoms with van der Waals surface area (Å²) in [6.45, 7) is -0.295. The third-order valence-corrected chi connectivity index (χ3v) is 5.92. The SMILES string of the molecule is O=C(O)CN1/C=C\N(CC(=O)O)CCN(CC(=O)N(CC(=O)O)Cc2ccccc2)CCN(CC(=O)O)CC1. The molecule has 0 aromatic heterocycles. The van der Waals surface area contributed by atoms with Crippen LogP contribution in [0.2, 0.25) is 0 Å². The summed E-state index contributed by atoms with van der Waals surface area (Å²) in [5.41, 5.74) is 0.761. The van der Waals surface area contributed by atoms with Gasteiger partial charge in [-0.2, -0.15) is 0 Å². The van der Waals surface area contributed by atoms with E-state index in [9.17, 15) is 44.4 Å². The molecule has 0 atom stereocenters. The average Bonchev–Trinajstić information content (AvgIpc) is 2.84. The van der Waals surface area contributed by atoms with Crippen LogP contribution in [-0.2, 0) is 30.5 Å². The van der Waals surface area contributed by atoms with Crippen molar-refractivity contribution in [2.75, 3.05) is 72.0 Å². The first kappa shape index (κ1) is 31.1. The highest BCUT2D eigenvalue weighted by Gasteiger charge is 2.22. The number of benzene rings is 1. The molecule has 0 fully saturated rings. The predicted molar refractivity (Wildman–Crippen MR) is 138 cm³/mol. The van der Waals surface area contributed by atoms with E-state index in [0.29, 0.717) is 0 Å². The smallest absolute Gasteiger partial charge is 0.323 e. The summed E-state index contributed by atoms with van der Waals surface area (Å²) in [6, 6.07) is 8.95. The minimum atomic E-state index is -1.16. The summed E-state index contributed by atoms with van der Waals surface area (Å²) >= 11 is 0. The third kappa shape index (κ3) is 12.8. The van der Waals surface area contributed by atoms with E-state index in [1.165, 1.54) is 27.1 Å². The van der Waals surface area contributed by atoms with Crippen LogP contribution in [0.1, 0.15) is 5.56 Å². The summed E-state index contributed by atoms with van der Waals surface area (Å²) in [7, 11) is 0. The Kier molecular flexibility index (Phi) is 12.7. The summed E-state index contributed by atoms with van der Waals surface area (Å²) in [6.07, 6.45) is 2.92. The van der Waals surface area contributed by atoms with Gasteiger partial charge < -0.3 is 35.1 Å². The number of carbonyl (C=O) groups excluding carboxylic acids is 1. The molecule has 0 aliphatic carbocycles. The van der Waals surface area contributed by atoms with Crippen LogP contribution in [0.25, 0.3) is 0 Å². The topological polar surface area (TPSA) is 182 Å². The van der Waals surface area contributed by atoms with E-state index in [0.717, 1.165) is 5.56 Å². The van der Waals surface area contributed by atoms with Gasteiger partial charge in [0.05, 0.1) is 13.1 Å². The van der Waals surface area contributed by atoms with Gasteiger partial charge in [0.2, 0.25) is 5.91 Å². The van der Waals surface area contributed by atoms with Crippen LogP contribution in [0, 0.1) is 0 Å². The molecule has 0 spiro atoms. The Morgan fingerprint density at radius 1 is 0.615 bits per heavy atom. The van der Waals surface area contributed by atoms with Gasteiger partial charge in [-0.1, -0.05) is 30.3 Å². The van der Waals surface area contributed by atoms with Crippen LogP contribution in [0.5, 0.6) is 0 Å². The lowest BCUT2D eigenvalue weighted by atomic mass is 10.2. The predicted octanol–water partition coefficient (Wildman–Crippen LogP) is -0.954. The van der Waals surface area contributed by atoms with E-state index >= 15 is 0 Å². The maximum Gasteiger partial charge on any atom is 0.323 e. The third-order valence-electron chi connectivity index (χ3n) is 5.92. The van der Waals surface area contributed by atoms with Crippen molar-refractivity contribution in [3.8, 4) is 0 Å². The zero-order chi connectivity index (χ0) is 28.8. The fourth-order valence-electron chi connectivity index (χ4n) is 3.99. The van der Waals surface area contributed by atoms with Crippen molar-refractivity contribution in [1.29, 1.82) is 0 Å². The highest BCUT2D eigenvalue weighted by molar-refractivity contribution is 5.82. The van der Waals surface area contributed by atoms with Crippen molar-refractivity contribution < 1.29 is 44.4 Å².